The summed E-state index contributed by atoms with van der Waals surface area (Å²) in [4.78, 5) is 11.0. The summed E-state index contributed by atoms with van der Waals surface area (Å²) in [5.74, 6) is -0.411. The van der Waals surface area contributed by atoms with Gasteiger partial charge in [-0.05, 0) is 12.1 Å². The Morgan fingerprint density at radius 2 is 1.88 bits per heavy atom. The van der Waals surface area contributed by atoms with E-state index < -0.39 is 5.97 Å². The van der Waals surface area contributed by atoms with Crippen LogP contribution in [0.25, 0.3) is 0 Å². The van der Waals surface area contributed by atoms with E-state index in [0.29, 0.717) is 5.75 Å². The highest BCUT2D eigenvalue weighted by atomic mass is 16.7. The quantitative estimate of drug-likeness (QED) is 0.760. The fourth-order valence-corrected chi connectivity index (χ4v) is 1.33. The van der Waals surface area contributed by atoms with E-state index in [-0.39, 0.29) is 23.9 Å². The standard InChI is InChI=1S/C11H14O6/c1-14-6-17-9-7(11(12)13)4-5-8(15-2)10(9)16-3/h4-5H,6H2,1-3H3,(H,12,13). The number of benzene rings is 1. The van der Waals surface area contributed by atoms with Crippen molar-refractivity contribution in [1.29, 1.82) is 0 Å². The van der Waals surface area contributed by atoms with Crippen LogP contribution >= 0.6 is 0 Å². The lowest BCUT2D eigenvalue weighted by atomic mass is 10.1. The van der Waals surface area contributed by atoms with Crippen molar-refractivity contribution in [2.45, 2.75) is 0 Å². The molecule has 17 heavy (non-hydrogen) atoms. The summed E-state index contributed by atoms with van der Waals surface area (Å²) in [6, 6.07) is 2.89. The lowest BCUT2D eigenvalue weighted by Crippen LogP contribution is -2.08. The summed E-state index contributed by atoms with van der Waals surface area (Å²) in [6.45, 7) is -0.0796. The zero-order chi connectivity index (χ0) is 12.8. The molecule has 94 valence electrons. The van der Waals surface area contributed by atoms with Gasteiger partial charge in [0.1, 0.15) is 5.56 Å². The highest BCUT2D eigenvalue weighted by Gasteiger charge is 2.20. The molecule has 1 rings (SSSR count). The molecule has 0 aromatic heterocycles. The number of ether oxygens (including phenoxy) is 4. The summed E-state index contributed by atoms with van der Waals surface area (Å²) in [7, 11) is 4.30. The Bertz CT molecular complexity index is 401. The molecular weight excluding hydrogens is 228 g/mol. The van der Waals surface area contributed by atoms with Gasteiger partial charge in [-0.3, -0.25) is 0 Å². The minimum atomic E-state index is -1.11. The molecule has 0 radical (unpaired) electrons. The molecule has 6 heteroatoms. The molecule has 0 unspecified atom stereocenters. The lowest BCUT2D eigenvalue weighted by Gasteiger charge is -2.15. The molecule has 0 heterocycles. The fourth-order valence-electron chi connectivity index (χ4n) is 1.33. The smallest absolute Gasteiger partial charge is 0.339 e. The summed E-state index contributed by atoms with van der Waals surface area (Å²) < 4.78 is 20.1. The number of carboxylic acid groups (broad SMARTS) is 1. The number of carbonyl (C=O) groups is 1. The third-order valence-corrected chi connectivity index (χ3v) is 2.05. The van der Waals surface area contributed by atoms with E-state index in [1.165, 1.54) is 33.5 Å². The van der Waals surface area contributed by atoms with Gasteiger partial charge in [0.05, 0.1) is 14.2 Å². The Balaban J connectivity index is 3.28. The number of rotatable bonds is 6. The number of aromatic carboxylic acids is 1. The van der Waals surface area contributed by atoms with Crippen molar-refractivity contribution < 1.29 is 28.8 Å². The molecule has 0 amide bonds. The number of methoxy groups -OCH3 is 3. The van der Waals surface area contributed by atoms with Crippen LogP contribution in [0.3, 0.4) is 0 Å². The molecule has 0 aliphatic heterocycles. The zero-order valence-corrected chi connectivity index (χ0v) is 9.85. The molecule has 0 fully saturated rings. The molecule has 0 spiro atoms. The third-order valence-electron chi connectivity index (χ3n) is 2.05. The molecular formula is C11H14O6. The molecule has 0 saturated carbocycles. The van der Waals surface area contributed by atoms with Crippen molar-refractivity contribution in [2.75, 3.05) is 28.1 Å². The maximum absolute atomic E-state index is 11.0. The summed E-state index contributed by atoms with van der Waals surface area (Å²) in [6.07, 6.45) is 0. The highest BCUT2D eigenvalue weighted by Crippen LogP contribution is 2.39. The lowest BCUT2D eigenvalue weighted by molar-refractivity contribution is 0.0462. The zero-order valence-electron chi connectivity index (χ0n) is 9.85. The van der Waals surface area contributed by atoms with E-state index in [0.717, 1.165) is 0 Å². The van der Waals surface area contributed by atoms with Gasteiger partial charge in [0.15, 0.2) is 18.3 Å². The second-order valence-corrected chi connectivity index (χ2v) is 3.03. The van der Waals surface area contributed by atoms with Crippen molar-refractivity contribution in [3.8, 4) is 17.2 Å². The van der Waals surface area contributed by atoms with Gasteiger partial charge in [0.2, 0.25) is 5.75 Å². The van der Waals surface area contributed by atoms with E-state index in [4.69, 9.17) is 24.1 Å². The summed E-state index contributed by atoms with van der Waals surface area (Å²) >= 11 is 0. The van der Waals surface area contributed by atoms with Crippen LogP contribution in [0.15, 0.2) is 12.1 Å². The minimum Gasteiger partial charge on any atom is -0.493 e. The van der Waals surface area contributed by atoms with Crippen LogP contribution in [0, 0.1) is 0 Å². The maximum atomic E-state index is 11.0. The number of carboxylic acids is 1. The van der Waals surface area contributed by atoms with Gasteiger partial charge in [-0.2, -0.15) is 0 Å². The van der Waals surface area contributed by atoms with Gasteiger partial charge in [-0.15, -0.1) is 0 Å². The first-order valence-corrected chi connectivity index (χ1v) is 4.75. The average molecular weight is 242 g/mol. The molecule has 6 nitrogen and oxygen atoms in total. The number of hydrogen-bond acceptors (Lipinski definition) is 5. The normalized spacial score (nSPS) is 9.82. The van der Waals surface area contributed by atoms with Crippen LogP contribution in [0.1, 0.15) is 10.4 Å². The van der Waals surface area contributed by atoms with Crippen molar-refractivity contribution in [1.82, 2.24) is 0 Å². The Hall–Kier alpha value is -1.95. The van der Waals surface area contributed by atoms with Crippen molar-refractivity contribution >= 4 is 5.97 Å². The van der Waals surface area contributed by atoms with Gasteiger partial charge < -0.3 is 24.1 Å². The molecule has 0 atom stereocenters. The van der Waals surface area contributed by atoms with E-state index in [1.807, 2.05) is 0 Å². The second kappa shape index (κ2) is 5.95. The van der Waals surface area contributed by atoms with Gasteiger partial charge in [-0.1, -0.05) is 0 Å². The third kappa shape index (κ3) is 2.79. The summed E-state index contributed by atoms with van der Waals surface area (Å²) in [5.41, 5.74) is -0.0142. The van der Waals surface area contributed by atoms with Gasteiger partial charge in [0.25, 0.3) is 0 Å². The van der Waals surface area contributed by atoms with Crippen molar-refractivity contribution in [2.24, 2.45) is 0 Å². The topological polar surface area (TPSA) is 74.2 Å². The van der Waals surface area contributed by atoms with Crippen molar-refractivity contribution in [3.63, 3.8) is 0 Å². The van der Waals surface area contributed by atoms with Gasteiger partial charge in [-0.25, -0.2) is 4.79 Å². The maximum Gasteiger partial charge on any atom is 0.339 e. The van der Waals surface area contributed by atoms with E-state index in [9.17, 15) is 4.79 Å². The first kappa shape index (κ1) is 13.1. The minimum absolute atomic E-state index is 0.0142. The van der Waals surface area contributed by atoms with Crippen molar-refractivity contribution in [3.05, 3.63) is 17.7 Å². The van der Waals surface area contributed by atoms with E-state index in [2.05, 4.69) is 0 Å². The molecule has 0 saturated heterocycles. The second-order valence-electron chi connectivity index (χ2n) is 3.03. The van der Waals surface area contributed by atoms with E-state index in [1.54, 1.807) is 0 Å². The monoisotopic (exact) mass is 242 g/mol. The molecule has 0 aliphatic rings. The van der Waals surface area contributed by atoms with Crippen LogP contribution in [0.5, 0.6) is 17.2 Å². The number of hydrogen-bond donors (Lipinski definition) is 1. The fraction of sp³-hybridized carbons (Fsp3) is 0.364. The van der Waals surface area contributed by atoms with Crippen LogP contribution in [0.2, 0.25) is 0 Å². The van der Waals surface area contributed by atoms with Gasteiger partial charge >= 0.3 is 5.97 Å². The molecule has 0 bridgehead atoms. The molecule has 0 aliphatic carbocycles. The highest BCUT2D eigenvalue weighted by molar-refractivity contribution is 5.92. The van der Waals surface area contributed by atoms with Crippen LogP contribution in [0.4, 0.5) is 0 Å². The average Bonchev–Trinajstić information content (AvgIpc) is 2.34. The predicted molar refractivity (Wildman–Crippen MR) is 59.0 cm³/mol. The van der Waals surface area contributed by atoms with Crippen LogP contribution < -0.4 is 14.2 Å². The first-order valence-electron chi connectivity index (χ1n) is 4.75. The largest absolute Gasteiger partial charge is 0.493 e. The molecule has 1 N–H and O–H groups in total. The van der Waals surface area contributed by atoms with Crippen LogP contribution in [-0.2, 0) is 4.74 Å². The Morgan fingerprint density at radius 1 is 1.18 bits per heavy atom. The van der Waals surface area contributed by atoms with Gasteiger partial charge in [0, 0.05) is 7.11 Å². The Labute approximate surface area is 98.7 Å². The molecule has 1 aromatic carbocycles. The van der Waals surface area contributed by atoms with Crippen LogP contribution in [-0.4, -0.2) is 39.2 Å². The SMILES string of the molecule is COCOc1c(C(=O)O)ccc(OC)c1OC. The first-order chi connectivity index (χ1) is 8.15. The summed E-state index contributed by atoms with van der Waals surface area (Å²) in [5, 5.41) is 9.03. The van der Waals surface area contributed by atoms with E-state index >= 15 is 0 Å². The Kier molecular flexibility index (Phi) is 4.59. The molecule has 1 aromatic rings. The Morgan fingerprint density at radius 3 is 2.35 bits per heavy atom. The predicted octanol–water partition coefficient (Wildman–Crippen LogP) is 1.38.